The van der Waals surface area contributed by atoms with E-state index in [0.29, 0.717) is 6.04 Å². The van der Waals surface area contributed by atoms with Crippen molar-refractivity contribution in [1.29, 1.82) is 0 Å². The van der Waals surface area contributed by atoms with Crippen LogP contribution in [0.3, 0.4) is 0 Å². The monoisotopic (exact) mass is 270 g/mol. The third-order valence-corrected chi connectivity index (χ3v) is 3.19. The minimum atomic E-state index is 0.305. The molecule has 1 fully saturated rings. The summed E-state index contributed by atoms with van der Waals surface area (Å²) in [4.78, 5) is 0. The van der Waals surface area contributed by atoms with Crippen molar-refractivity contribution in [2.24, 2.45) is 5.84 Å². The number of halogens is 1. The Hall–Kier alpha value is -0.420. The van der Waals surface area contributed by atoms with Crippen LogP contribution in [0.5, 0.6) is 0 Å². The first-order valence-electron chi connectivity index (χ1n) is 5.09. The van der Waals surface area contributed by atoms with E-state index < -0.39 is 0 Å². The molecule has 4 heteroatoms. The van der Waals surface area contributed by atoms with Crippen molar-refractivity contribution in [2.45, 2.75) is 12.5 Å². The summed E-state index contributed by atoms with van der Waals surface area (Å²) in [5, 5.41) is 1.88. The molecular formula is C11H15BrN2O. The predicted molar refractivity (Wildman–Crippen MR) is 63.3 cm³/mol. The van der Waals surface area contributed by atoms with Gasteiger partial charge in [-0.2, -0.15) is 0 Å². The molecule has 0 amide bonds. The van der Waals surface area contributed by atoms with Crippen LogP contribution in [0.1, 0.15) is 5.56 Å². The Labute approximate surface area is 98.3 Å². The molecular weight excluding hydrogens is 256 g/mol. The van der Waals surface area contributed by atoms with E-state index in [1.54, 1.807) is 0 Å². The largest absolute Gasteiger partial charge is 0.378 e. The Balaban J connectivity index is 1.98. The molecule has 15 heavy (non-hydrogen) atoms. The van der Waals surface area contributed by atoms with Gasteiger partial charge in [0.1, 0.15) is 0 Å². The first-order chi connectivity index (χ1) is 7.25. The summed E-state index contributed by atoms with van der Waals surface area (Å²) < 4.78 is 6.52. The highest BCUT2D eigenvalue weighted by Gasteiger charge is 2.20. The molecule has 0 spiro atoms. The molecule has 1 aromatic carbocycles. The normalized spacial score (nSPS) is 22.9. The number of morpholine rings is 1. The summed E-state index contributed by atoms with van der Waals surface area (Å²) in [6.45, 7) is 2.29. The number of hydrazine groups is 1. The van der Waals surface area contributed by atoms with E-state index >= 15 is 0 Å². The van der Waals surface area contributed by atoms with Gasteiger partial charge in [-0.05, 0) is 24.1 Å². The summed E-state index contributed by atoms with van der Waals surface area (Å²) in [5.41, 5.74) is 1.30. The number of hydrogen-bond donors (Lipinski definition) is 1. The average molecular weight is 271 g/mol. The van der Waals surface area contributed by atoms with Crippen molar-refractivity contribution in [3.8, 4) is 0 Å². The summed E-state index contributed by atoms with van der Waals surface area (Å²) >= 11 is 3.42. The van der Waals surface area contributed by atoms with Crippen molar-refractivity contribution in [3.05, 3.63) is 34.3 Å². The molecule has 0 radical (unpaired) electrons. The smallest absolute Gasteiger partial charge is 0.0639 e. The maximum Gasteiger partial charge on any atom is 0.0639 e. The predicted octanol–water partition coefficient (Wildman–Crippen LogP) is 1.57. The van der Waals surface area contributed by atoms with Gasteiger partial charge in [0.25, 0.3) is 0 Å². The lowest BCUT2D eigenvalue weighted by Gasteiger charge is -2.31. The molecule has 1 saturated heterocycles. The molecule has 1 unspecified atom stereocenters. The molecule has 0 aromatic heterocycles. The highest BCUT2D eigenvalue weighted by atomic mass is 79.9. The van der Waals surface area contributed by atoms with Gasteiger partial charge in [0.2, 0.25) is 0 Å². The maximum absolute atomic E-state index is 5.90. The second-order valence-electron chi connectivity index (χ2n) is 3.80. The number of ether oxygens (including phenoxy) is 1. The van der Waals surface area contributed by atoms with Gasteiger partial charge in [0.05, 0.1) is 19.3 Å². The molecule has 3 nitrogen and oxygen atoms in total. The van der Waals surface area contributed by atoms with Gasteiger partial charge in [-0.1, -0.05) is 28.1 Å². The van der Waals surface area contributed by atoms with Crippen LogP contribution < -0.4 is 5.84 Å². The molecule has 1 atom stereocenters. The molecule has 1 aliphatic rings. The van der Waals surface area contributed by atoms with Crippen LogP contribution in [0.4, 0.5) is 0 Å². The molecule has 2 rings (SSSR count). The maximum atomic E-state index is 5.90. The summed E-state index contributed by atoms with van der Waals surface area (Å²) in [6, 6.07) is 8.65. The fourth-order valence-corrected chi connectivity index (χ4v) is 2.00. The SMILES string of the molecule is NN1CCOCC1Cc1ccc(Br)cc1. The van der Waals surface area contributed by atoms with Crippen LogP contribution in [0.2, 0.25) is 0 Å². The number of nitrogens with zero attached hydrogens (tertiary/aromatic N) is 1. The molecule has 82 valence electrons. The second-order valence-corrected chi connectivity index (χ2v) is 4.71. The molecule has 2 N–H and O–H groups in total. The van der Waals surface area contributed by atoms with E-state index in [0.717, 1.165) is 30.7 Å². The number of nitrogens with two attached hydrogens (primary N) is 1. The van der Waals surface area contributed by atoms with Crippen LogP contribution in [-0.4, -0.2) is 30.8 Å². The first-order valence-corrected chi connectivity index (χ1v) is 5.88. The highest BCUT2D eigenvalue weighted by molar-refractivity contribution is 9.10. The molecule has 1 heterocycles. The van der Waals surface area contributed by atoms with E-state index in [4.69, 9.17) is 10.6 Å². The van der Waals surface area contributed by atoms with Crippen LogP contribution in [0.15, 0.2) is 28.7 Å². The van der Waals surface area contributed by atoms with E-state index in [-0.39, 0.29) is 0 Å². The van der Waals surface area contributed by atoms with Crippen LogP contribution >= 0.6 is 15.9 Å². The molecule has 1 aliphatic heterocycles. The number of rotatable bonds is 2. The molecule has 0 aliphatic carbocycles. The standard InChI is InChI=1S/C11H15BrN2O/c12-10-3-1-9(2-4-10)7-11-8-15-6-5-14(11)13/h1-4,11H,5-8,13H2. The Morgan fingerprint density at radius 3 is 2.80 bits per heavy atom. The first kappa shape index (κ1) is 11.1. The third kappa shape index (κ3) is 3.01. The quantitative estimate of drug-likeness (QED) is 0.830. The van der Waals surface area contributed by atoms with Gasteiger partial charge >= 0.3 is 0 Å². The van der Waals surface area contributed by atoms with Crippen LogP contribution in [-0.2, 0) is 11.2 Å². The lowest BCUT2D eigenvalue weighted by Crippen LogP contribution is -2.50. The van der Waals surface area contributed by atoms with Gasteiger partial charge in [0.15, 0.2) is 0 Å². The molecule has 1 aromatic rings. The third-order valence-electron chi connectivity index (χ3n) is 2.66. The zero-order valence-electron chi connectivity index (χ0n) is 8.53. The highest BCUT2D eigenvalue weighted by Crippen LogP contribution is 2.14. The van der Waals surface area contributed by atoms with Crippen LogP contribution in [0.25, 0.3) is 0 Å². The van der Waals surface area contributed by atoms with E-state index in [1.165, 1.54) is 5.56 Å². The number of benzene rings is 1. The minimum absolute atomic E-state index is 0.305. The summed E-state index contributed by atoms with van der Waals surface area (Å²) in [6.07, 6.45) is 0.948. The van der Waals surface area contributed by atoms with Gasteiger partial charge in [-0.3, -0.25) is 5.84 Å². The fourth-order valence-electron chi connectivity index (χ4n) is 1.74. The Morgan fingerprint density at radius 2 is 2.13 bits per heavy atom. The Kier molecular flexibility index (Phi) is 3.75. The van der Waals surface area contributed by atoms with Crippen molar-refractivity contribution >= 4 is 15.9 Å². The summed E-state index contributed by atoms with van der Waals surface area (Å²) in [5.74, 6) is 5.90. The minimum Gasteiger partial charge on any atom is -0.378 e. The molecule has 0 saturated carbocycles. The number of hydrogen-bond acceptors (Lipinski definition) is 3. The van der Waals surface area contributed by atoms with Crippen molar-refractivity contribution in [2.75, 3.05) is 19.8 Å². The van der Waals surface area contributed by atoms with Gasteiger partial charge in [-0.25, -0.2) is 5.01 Å². The van der Waals surface area contributed by atoms with Gasteiger partial charge in [0, 0.05) is 11.0 Å². The lowest BCUT2D eigenvalue weighted by atomic mass is 10.1. The van der Waals surface area contributed by atoms with E-state index in [9.17, 15) is 0 Å². The topological polar surface area (TPSA) is 38.5 Å². The van der Waals surface area contributed by atoms with Crippen molar-refractivity contribution in [3.63, 3.8) is 0 Å². The summed E-state index contributed by atoms with van der Waals surface area (Å²) in [7, 11) is 0. The van der Waals surface area contributed by atoms with Crippen molar-refractivity contribution < 1.29 is 4.74 Å². The Bertz CT molecular complexity index is 315. The van der Waals surface area contributed by atoms with Crippen LogP contribution in [0, 0.1) is 0 Å². The fraction of sp³-hybridized carbons (Fsp3) is 0.455. The second kappa shape index (κ2) is 5.07. The lowest BCUT2D eigenvalue weighted by molar-refractivity contribution is -0.00754. The van der Waals surface area contributed by atoms with E-state index in [1.807, 2.05) is 5.01 Å². The van der Waals surface area contributed by atoms with E-state index in [2.05, 4.69) is 40.2 Å². The zero-order valence-corrected chi connectivity index (χ0v) is 10.1. The van der Waals surface area contributed by atoms with Gasteiger partial charge < -0.3 is 4.74 Å². The van der Waals surface area contributed by atoms with Crippen molar-refractivity contribution in [1.82, 2.24) is 5.01 Å². The van der Waals surface area contributed by atoms with Gasteiger partial charge in [-0.15, -0.1) is 0 Å². The Morgan fingerprint density at radius 1 is 1.40 bits per heavy atom. The zero-order chi connectivity index (χ0) is 10.7. The molecule has 0 bridgehead atoms. The average Bonchev–Trinajstić information content (AvgIpc) is 2.25.